The van der Waals surface area contributed by atoms with E-state index in [1.165, 1.54) is 27.5 Å². The highest BCUT2D eigenvalue weighted by Crippen LogP contribution is 2.37. The number of hydrogen-bond acceptors (Lipinski definition) is 3. The first-order valence-corrected chi connectivity index (χ1v) is 16.6. The van der Waals surface area contributed by atoms with Crippen molar-refractivity contribution >= 4 is 54.5 Å². The molecule has 0 unspecified atom stereocenters. The molecule has 0 N–H and O–H groups in total. The summed E-state index contributed by atoms with van der Waals surface area (Å²) < 4.78 is 6.29. The van der Waals surface area contributed by atoms with Crippen LogP contribution < -0.4 is 0 Å². The fourth-order valence-electron chi connectivity index (χ4n) is 7.24. The van der Waals surface area contributed by atoms with Crippen molar-refractivity contribution in [2.75, 3.05) is 0 Å². The van der Waals surface area contributed by atoms with Gasteiger partial charge in [-0.05, 0) is 74.5 Å². The molecular formula is C46H28N2O. The molecule has 3 heteroatoms. The number of hydrogen-bond donors (Lipinski definition) is 0. The Bertz CT molecular complexity index is 2830. The maximum absolute atomic E-state index is 6.29. The molecule has 0 radical (unpaired) electrons. The Morgan fingerprint density at radius 3 is 1.47 bits per heavy atom. The van der Waals surface area contributed by atoms with Crippen LogP contribution in [0.1, 0.15) is 0 Å². The van der Waals surface area contributed by atoms with Crippen molar-refractivity contribution < 1.29 is 4.42 Å². The van der Waals surface area contributed by atoms with Crippen molar-refractivity contribution in [2.45, 2.75) is 0 Å². The molecule has 2 aromatic heterocycles. The van der Waals surface area contributed by atoms with E-state index in [0.717, 1.165) is 71.7 Å². The Morgan fingerprint density at radius 1 is 0.327 bits per heavy atom. The summed E-state index contributed by atoms with van der Waals surface area (Å²) in [6.45, 7) is 0. The Hall–Kier alpha value is -6.58. The Balaban J connectivity index is 1.04. The van der Waals surface area contributed by atoms with Crippen molar-refractivity contribution in [2.24, 2.45) is 0 Å². The van der Waals surface area contributed by atoms with Gasteiger partial charge in [0.25, 0.3) is 0 Å². The third-order valence-electron chi connectivity index (χ3n) is 9.71. The fraction of sp³-hybridized carbons (Fsp3) is 0. The summed E-state index contributed by atoms with van der Waals surface area (Å²) in [5.74, 6) is 0. The molecule has 0 saturated heterocycles. The molecule has 3 nitrogen and oxygen atoms in total. The summed E-state index contributed by atoms with van der Waals surface area (Å²) in [5.41, 5.74) is 12.5. The third-order valence-corrected chi connectivity index (χ3v) is 9.71. The van der Waals surface area contributed by atoms with Crippen molar-refractivity contribution in [1.29, 1.82) is 0 Å². The van der Waals surface area contributed by atoms with Gasteiger partial charge < -0.3 is 4.42 Å². The van der Waals surface area contributed by atoms with Crippen LogP contribution in [0.2, 0.25) is 0 Å². The zero-order chi connectivity index (χ0) is 32.3. The van der Waals surface area contributed by atoms with Gasteiger partial charge in [0.05, 0.1) is 22.9 Å². The largest absolute Gasteiger partial charge is 0.456 e. The van der Waals surface area contributed by atoms with Gasteiger partial charge >= 0.3 is 0 Å². The average molecular weight is 625 g/mol. The molecule has 0 aliphatic heterocycles. The molecule has 0 atom stereocenters. The predicted octanol–water partition coefficient (Wildman–Crippen LogP) is 12.5. The van der Waals surface area contributed by atoms with E-state index in [1.54, 1.807) is 0 Å². The first kappa shape index (κ1) is 27.5. The molecule has 0 bridgehead atoms. The normalized spacial score (nSPS) is 11.7. The SMILES string of the molecule is c1ccc(-c2ccc(-c3ccc4oc5ccc(-c6cccc(-c7cnc8c9ccccc9c9ccccc9c8n7)c6)cc5c4c3)cc2)cc1. The van der Waals surface area contributed by atoms with Crippen LogP contribution in [-0.2, 0) is 0 Å². The highest BCUT2D eigenvalue weighted by molar-refractivity contribution is 6.23. The van der Waals surface area contributed by atoms with Crippen LogP contribution in [0.15, 0.2) is 174 Å². The lowest BCUT2D eigenvalue weighted by Gasteiger charge is -2.11. The summed E-state index contributed by atoms with van der Waals surface area (Å²) in [7, 11) is 0. The quantitative estimate of drug-likeness (QED) is 0.183. The Morgan fingerprint density at radius 2 is 0.796 bits per heavy atom. The zero-order valence-electron chi connectivity index (χ0n) is 26.5. The molecular weight excluding hydrogens is 597 g/mol. The van der Waals surface area contributed by atoms with E-state index in [4.69, 9.17) is 14.4 Å². The number of furan rings is 1. The second-order valence-corrected chi connectivity index (χ2v) is 12.6. The van der Waals surface area contributed by atoms with Crippen LogP contribution in [0.25, 0.3) is 99.2 Å². The fourth-order valence-corrected chi connectivity index (χ4v) is 7.24. The molecule has 228 valence electrons. The number of benzene rings is 8. The molecule has 0 aliphatic carbocycles. The zero-order valence-corrected chi connectivity index (χ0v) is 26.5. The highest BCUT2D eigenvalue weighted by atomic mass is 16.3. The first-order chi connectivity index (χ1) is 24.3. The predicted molar refractivity (Wildman–Crippen MR) is 204 cm³/mol. The number of rotatable bonds is 4. The van der Waals surface area contributed by atoms with E-state index in [2.05, 4.69) is 158 Å². The van der Waals surface area contributed by atoms with Crippen LogP contribution in [0.4, 0.5) is 0 Å². The minimum atomic E-state index is 0.854. The summed E-state index contributed by atoms with van der Waals surface area (Å²) in [4.78, 5) is 10.2. The van der Waals surface area contributed by atoms with E-state index >= 15 is 0 Å². The smallest absolute Gasteiger partial charge is 0.135 e. The van der Waals surface area contributed by atoms with Gasteiger partial charge in [-0.15, -0.1) is 0 Å². The monoisotopic (exact) mass is 624 g/mol. The van der Waals surface area contributed by atoms with Gasteiger partial charge in [-0.1, -0.05) is 133 Å². The lowest BCUT2D eigenvalue weighted by Crippen LogP contribution is -1.92. The van der Waals surface area contributed by atoms with E-state index in [1.807, 2.05) is 12.3 Å². The number of aromatic nitrogens is 2. The van der Waals surface area contributed by atoms with Gasteiger partial charge in [0.1, 0.15) is 11.2 Å². The van der Waals surface area contributed by atoms with Crippen molar-refractivity contribution in [3.63, 3.8) is 0 Å². The van der Waals surface area contributed by atoms with Crippen LogP contribution in [0.3, 0.4) is 0 Å². The maximum Gasteiger partial charge on any atom is 0.135 e. The van der Waals surface area contributed by atoms with Crippen LogP contribution in [0, 0.1) is 0 Å². The van der Waals surface area contributed by atoms with Gasteiger partial charge in [0, 0.05) is 27.1 Å². The summed E-state index contributed by atoms with van der Waals surface area (Å²) >= 11 is 0. The Labute approximate surface area is 282 Å². The molecule has 0 saturated carbocycles. The second kappa shape index (κ2) is 11.0. The molecule has 10 rings (SSSR count). The highest BCUT2D eigenvalue weighted by Gasteiger charge is 2.14. The second-order valence-electron chi connectivity index (χ2n) is 12.6. The van der Waals surface area contributed by atoms with Crippen LogP contribution in [-0.4, -0.2) is 9.97 Å². The summed E-state index contributed by atoms with van der Waals surface area (Å²) in [6.07, 6.45) is 1.91. The van der Waals surface area contributed by atoms with Gasteiger partial charge in [-0.2, -0.15) is 0 Å². The van der Waals surface area contributed by atoms with Crippen molar-refractivity contribution in [1.82, 2.24) is 9.97 Å². The van der Waals surface area contributed by atoms with E-state index in [0.29, 0.717) is 0 Å². The molecule has 49 heavy (non-hydrogen) atoms. The maximum atomic E-state index is 6.29. The van der Waals surface area contributed by atoms with E-state index < -0.39 is 0 Å². The minimum absolute atomic E-state index is 0.854. The first-order valence-electron chi connectivity index (χ1n) is 16.6. The molecule has 0 aliphatic rings. The van der Waals surface area contributed by atoms with E-state index in [-0.39, 0.29) is 0 Å². The molecule has 2 heterocycles. The molecule has 0 fully saturated rings. The van der Waals surface area contributed by atoms with Crippen molar-refractivity contribution in [3.8, 4) is 44.6 Å². The number of nitrogens with zero attached hydrogens (tertiary/aromatic N) is 2. The third kappa shape index (κ3) is 4.59. The topological polar surface area (TPSA) is 38.9 Å². The van der Waals surface area contributed by atoms with Gasteiger partial charge in [0.2, 0.25) is 0 Å². The molecule has 0 spiro atoms. The standard InChI is InChI=1S/C46H28N2O/c1-2-9-29(10-3-1)30-17-19-31(20-18-30)33-21-23-43-40(26-33)41-27-34(22-24-44(41)49-43)32-11-8-12-35(25-32)42-28-47-45-38-15-6-4-13-36(38)37-14-5-7-16-39(37)46(45)48-42/h1-28H. The summed E-state index contributed by atoms with van der Waals surface area (Å²) in [5, 5.41) is 6.84. The van der Waals surface area contributed by atoms with Crippen molar-refractivity contribution in [3.05, 3.63) is 170 Å². The minimum Gasteiger partial charge on any atom is -0.456 e. The average Bonchev–Trinajstić information content (AvgIpc) is 3.55. The van der Waals surface area contributed by atoms with Crippen LogP contribution >= 0.6 is 0 Å². The van der Waals surface area contributed by atoms with Gasteiger partial charge in [-0.25, -0.2) is 4.98 Å². The van der Waals surface area contributed by atoms with Gasteiger partial charge in [0.15, 0.2) is 0 Å². The molecule has 0 amide bonds. The molecule has 8 aromatic carbocycles. The van der Waals surface area contributed by atoms with Crippen LogP contribution in [0.5, 0.6) is 0 Å². The summed E-state index contributed by atoms with van der Waals surface area (Å²) in [6, 6.07) is 57.7. The lowest BCUT2D eigenvalue weighted by atomic mass is 9.97. The molecule has 10 aromatic rings. The Kier molecular flexibility index (Phi) is 6.18. The lowest BCUT2D eigenvalue weighted by molar-refractivity contribution is 0.669. The number of fused-ring (bicyclic) bond motifs is 9. The van der Waals surface area contributed by atoms with E-state index in [9.17, 15) is 0 Å². The van der Waals surface area contributed by atoms with Gasteiger partial charge in [-0.3, -0.25) is 4.98 Å².